The van der Waals surface area contributed by atoms with Gasteiger partial charge >= 0.3 is 0 Å². The Labute approximate surface area is 87.8 Å². The molecule has 2 heterocycles. The van der Waals surface area contributed by atoms with Gasteiger partial charge in [-0.1, -0.05) is 29.5 Å². The third kappa shape index (κ3) is 2.91. The van der Waals surface area contributed by atoms with Crippen LogP contribution in [0.15, 0.2) is 53.5 Å². The molecule has 0 atom stereocenters. The lowest BCUT2D eigenvalue weighted by Gasteiger charge is -1.87. The molecule has 0 fully saturated rings. The molecule has 0 aliphatic carbocycles. The quantitative estimate of drug-likeness (QED) is 0.712. The second kappa shape index (κ2) is 4.91. The van der Waals surface area contributed by atoms with Crippen molar-refractivity contribution in [3.8, 4) is 0 Å². The van der Waals surface area contributed by atoms with E-state index in [1.165, 1.54) is 0 Å². The summed E-state index contributed by atoms with van der Waals surface area (Å²) in [5.41, 5.74) is 1.88. The minimum Gasteiger partial charge on any atom is -0.364 e. The molecule has 15 heavy (non-hydrogen) atoms. The van der Waals surface area contributed by atoms with Crippen LogP contribution in [-0.2, 0) is 0 Å². The van der Waals surface area contributed by atoms with Crippen LogP contribution in [0.5, 0.6) is 0 Å². The van der Waals surface area contributed by atoms with Crippen molar-refractivity contribution in [2.75, 3.05) is 0 Å². The Kier molecular flexibility index (Phi) is 3.07. The lowest BCUT2D eigenvalue weighted by molar-refractivity contribution is 0.419. The van der Waals surface area contributed by atoms with Crippen molar-refractivity contribution >= 4 is 12.2 Å². The predicted molar refractivity (Wildman–Crippen MR) is 58.8 cm³/mol. The third-order valence-corrected chi connectivity index (χ3v) is 1.81. The Balaban J connectivity index is 1.96. The lowest BCUT2D eigenvalue weighted by atomic mass is 10.3. The van der Waals surface area contributed by atoms with Gasteiger partial charge in [-0.2, -0.15) is 0 Å². The Morgan fingerprint density at radius 2 is 2.07 bits per heavy atom. The van der Waals surface area contributed by atoms with E-state index in [2.05, 4.69) is 10.1 Å². The van der Waals surface area contributed by atoms with Gasteiger partial charge in [0, 0.05) is 11.8 Å². The first kappa shape index (κ1) is 9.40. The van der Waals surface area contributed by atoms with Gasteiger partial charge in [0.05, 0.1) is 11.9 Å². The minimum absolute atomic E-state index is 0.937. The number of nitrogens with zero attached hydrogens (tertiary/aromatic N) is 2. The first-order chi connectivity index (χ1) is 7.45. The van der Waals surface area contributed by atoms with Gasteiger partial charge < -0.3 is 4.52 Å². The van der Waals surface area contributed by atoms with E-state index in [-0.39, 0.29) is 0 Å². The van der Waals surface area contributed by atoms with Crippen molar-refractivity contribution in [3.63, 3.8) is 0 Å². The first-order valence-electron chi connectivity index (χ1n) is 4.60. The fourth-order valence-corrected chi connectivity index (χ4v) is 1.09. The summed E-state index contributed by atoms with van der Waals surface area (Å²) in [6.45, 7) is 0. The standard InChI is InChI=1S/C12H10N2O/c1(5-11-9-14-15-10-11)2-6-12-7-3-4-8-13-12/h1-10H/b5-1+,6-2+. The molecule has 0 N–H and O–H groups in total. The SMILES string of the molecule is C(/C=C/c1ccccn1)=C\c1cnoc1. The van der Waals surface area contributed by atoms with Gasteiger partial charge in [-0.05, 0) is 18.2 Å². The van der Waals surface area contributed by atoms with E-state index in [4.69, 9.17) is 4.52 Å². The van der Waals surface area contributed by atoms with Gasteiger partial charge in [-0.25, -0.2) is 0 Å². The molecular weight excluding hydrogens is 188 g/mol. The molecule has 74 valence electrons. The molecule has 3 nitrogen and oxygen atoms in total. The molecule has 2 aromatic rings. The molecule has 0 bridgehead atoms. The average Bonchev–Trinajstić information content (AvgIpc) is 2.79. The predicted octanol–water partition coefficient (Wildman–Crippen LogP) is 2.80. The van der Waals surface area contributed by atoms with Crippen LogP contribution in [0, 0.1) is 0 Å². The van der Waals surface area contributed by atoms with E-state index in [1.807, 2.05) is 42.5 Å². The number of aromatic nitrogens is 2. The lowest BCUT2D eigenvalue weighted by Crippen LogP contribution is -1.74. The highest BCUT2D eigenvalue weighted by atomic mass is 16.5. The number of allylic oxidation sites excluding steroid dienone is 2. The van der Waals surface area contributed by atoms with Crippen LogP contribution in [0.25, 0.3) is 12.2 Å². The van der Waals surface area contributed by atoms with Gasteiger partial charge in [0.15, 0.2) is 0 Å². The fraction of sp³-hybridized carbons (Fsp3) is 0. The Morgan fingerprint density at radius 1 is 1.13 bits per heavy atom. The molecule has 0 aliphatic rings. The van der Waals surface area contributed by atoms with E-state index in [9.17, 15) is 0 Å². The van der Waals surface area contributed by atoms with Crippen LogP contribution in [0.2, 0.25) is 0 Å². The Hall–Kier alpha value is -2.16. The summed E-state index contributed by atoms with van der Waals surface area (Å²) in [6.07, 6.45) is 12.7. The smallest absolute Gasteiger partial charge is 0.131 e. The fourth-order valence-electron chi connectivity index (χ4n) is 1.09. The number of rotatable bonds is 3. The zero-order valence-corrected chi connectivity index (χ0v) is 8.08. The van der Waals surface area contributed by atoms with Crippen molar-refractivity contribution in [2.45, 2.75) is 0 Å². The molecule has 0 saturated heterocycles. The zero-order valence-electron chi connectivity index (χ0n) is 8.08. The van der Waals surface area contributed by atoms with E-state index in [0.29, 0.717) is 0 Å². The number of pyridine rings is 1. The third-order valence-electron chi connectivity index (χ3n) is 1.81. The maximum Gasteiger partial charge on any atom is 0.131 e. The highest BCUT2D eigenvalue weighted by Crippen LogP contribution is 2.01. The summed E-state index contributed by atoms with van der Waals surface area (Å²) in [4.78, 5) is 4.16. The summed E-state index contributed by atoms with van der Waals surface area (Å²) in [5, 5.41) is 3.60. The van der Waals surface area contributed by atoms with Gasteiger partial charge in [0.2, 0.25) is 0 Å². The zero-order chi connectivity index (χ0) is 10.3. The van der Waals surface area contributed by atoms with E-state index < -0.39 is 0 Å². The summed E-state index contributed by atoms with van der Waals surface area (Å²) in [5.74, 6) is 0. The molecular formula is C12H10N2O. The van der Waals surface area contributed by atoms with E-state index >= 15 is 0 Å². The molecule has 0 aliphatic heterocycles. The van der Waals surface area contributed by atoms with Crippen LogP contribution in [0.4, 0.5) is 0 Å². The average molecular weight is 198 g/mol. The van der Waals surface area contributed by atoms with Crippen molar-refractivity contribution in [1.29, 1.82) is 0 Å². The molecule has 2 rings (SSSR count). The Bertz CT molecular complexity index is 444. The number of hydrogen-bond donors (Lipinski definition) is 0. The molecule has 0 unspecified atom stereocenters. The van der Waals surface area contributed by atoms with Crippen molar-refractivity contribution in [2.24, 2.45) is 0 Å². The largest absolute Gasteiger partial charge is 0.364 e. The van der Waals surface area contributed by atoms with Crippen LogP contribution in [0.3, 0.4) is 0 Å². The van der Waals surface area contributed by atoms with Crippen LogP contribution < -0.4 is 0 Å². The van der Waals surface area contributed by atoms with Gasteiger partial charge in [0.25, 0.3) is 0 Å². The van der Waals surface area contributed by atoms with Crippen molar-refractivity contribution in [1.82, 2.24) is 10.1 Å². The molecule has 0 aromatic carbocycles. The van der Waals surface area contributed by atoms with Crippen LogP contribution in [-0.4, -0.2) is 10.1 Å². The van der Waals surface area contributed by atoms with Gasteiger partial charge in [-0.3, -0.25) is 4.98 Å². The van der Waals surface area contributed by atoms with Crippen molar-refractivity contribution in [3.05, 3.63) is 60.3 Å². The molecule has 0 radical (unpaired) electrons. The summed E-state index contributed by atoms with van der Waals surface area (Å²) < 4.78 is 4.69. The molecule has 0 saturated carbocycles. The van der Waals surface area contributed by atoms with Gasteiger partial charge in [0.1, 0.15) is 6.26 Å². The normalized spacial score (nSPS) is 11.5. The molecule has 2 aromatic heterocycles. The maximum absolute atomic E-state index is 4.69. The van der Waals surface area contributed by atoms with E-state index in [1.54, 1.807) is 18.7 Å². The monoisotopic (exact) mass is 198 g/mol. The molecule has 0 spiro atoms. The van der Waals surface area contributed by atoms with Crippen molar-refractivity contribution < 1.29 is 4.52 Å². The summed E-state index contributed by atoms with van der Waals surface area (Å²) in [6, 6.07) is 5.80. The summed E-state index contributed by atoms with van der Waals surface area (Å²) >= 11 is 0. The molecule has 3 heteroatoms. The first-order valence-corrected chi connectivity index (χ1v) is 4.60. The van der Waals surface area contributed by atoms with Gasteiger partial charge in [-0.15, -0.1) is 0 Å². The second-order valence-electron chi connectivity index (χ2n) is 2.93. The second-order valence-corrected chi connectivity index (χ2v) is 2.93. The van der Waals surface area contributed by atoms with Crippen LogP contribution >= 0.6 is 0 Å². The molecule has 0 amide bonds. The highest BCUT2D eigenvalue weighted by Gasteiger charge is 1.85. The minimum atomic E-state index is 0.937. The Morgan fingerprint density at radius 3 is 2.80 bits per heavy atom. The van der Waals surface area contributed by atoms with E-state index in [0.717, 1.165) is 11.3 Å². The van der Waals surface area contributed by atoms with Crippen LogP contribution in [0.1, 0.15) is 11.3 Å². The maximum atomic E-state index is 4.69. The highest BCUT2D eigenvalue weighted by molar-refractivity contribution is 5.53. The summed E-state index contributed by atoms with van der Waals surface area (Å²) in [7, 11) is 0. The number of hydrogen-bond acceptors (Lipinski definition) is 3. The topological polar surface area (TPSA) is 38.9 Å².